The maximum absolute atomic E-state index is 13.0. The van der Waals surface area contributed by atoms with Gasteiger partial charge in [-0.1, -0.05) is 48.2 Å². The van der Waals surface area contributed by atoms with Gasteiger partial charge in [-0.15, -0.1) is 11.8 Å². The van der Waals surface area contributed by atoms with E-state index in [2.05, 4.69) is 22.1 Å². The maximum atomic E-state index is 13.0. The van der Waals surface area contributed by atoms with Crippen LogP contribution in [0.3, 0.4) is 0 Å². The molecule has 2 aliphatic rings. The third-order valence-electron chi connectivity index (χ3n) is 3.99. The van der Waals surface area contributed by atoms with Crippen LogP contribution in [0.15, 0.2) is 75.7 Å². The predicted molar refractivity (Wildman–Crippen MR) is 101 cm³/mol. The Morgan fingerprint density at radius 2 is 2.08 bits per heavy atom. The summed E-state index contributed by atoms with van der Waals surface area (Å²) in [6.07, 6.45) is 9.66. The van der Waals surface area contributed by atoms with E-state index >= 15 is 0 Å². The van der Waals surface area contributed by atoms with Gasteiger partial charge in [0.25, 0.3) is 5.56 Å². The first-order valence-corrected chi connectivity index (χ1v) is 9.70. The number of carbonyl (C=O) groups is 1. The Morgan fingerprint density at radius 3 is 2.96 bits per heavy atom. The molecule has 0 saturated heterocycles. The Kier molecular flexibility index (Phi) is 4.50. The second kappa shape index (κ2) is 6.93. The number of fused-ring (bicyclic) bond motifs is 2. The van der Waals surface area contributed by atoms with Gasteiger partial charge >= 0.3 is 0 Å². The van der Waals surface area contributed by atoms with E-state index in [4.69, 9.17) is 0 Å². The van der Waals surface area contributed by atoms with Gasteiger partial charge in [0.05, 0.1) is 22.7 Å². The Hall–Kier alpha value is -2.25. The highest BCUT2D eigenvalue weighted by atomic mass is 32.2. The fraction of sp³-hybridized carbons (Fsp3) is 0.167. The molecule has 1 aliphatic heterocycles. The summed E-state index contributed by atoms with van der Waals surface area (Å²) in [5.41, 5.74) is 0.721. The zero-order valence-corrected chi connectivity index (χ0v) is 14.8. The van der Waals surface area contributed by atoms with Crippen molar-refractivity contribution >= 4 is 35.1 Å². The van der Waals surface area contributed by atoms with Crippen LogP contribution < -0.4 is 10.5 Å². The molecule has 1 N–H and O–H groups in total. The van der Waals surface area contributed by atoms with E-state index < -0.39 is 0 Å². The van der Waals surface area contributed by atoms with E-state index in [1.165, 1.54) is 24.0 Å². The molecule has 0 unspecified atom stereocenters. The van der Waals surface area contributed by atoms with Crippen molar-refractivity contribution in [1.29, 1.82) is 0 Å². The molecule has 1 aromatic carbocycles. The molecule has 0 saturated carbocycles. The summed E-state index contributed by atoms with van der Waals surface area (Å²) in [6.45, 7) is 0. The highest BCUT2D eigenvalue weighted by Crippen LogP contribution is 2.43. The zero-order valence-electron chi connectivity index (χ0n) is 13.2. The van der Waals surface area contributed by atoms with Gasteiger partial charge in [0.15, 0.2) is 5.16 Å². The molecule has 0 radical (unpaired) electrons. The minimum absolute atomic E-state index is 0.000724. The largest absolute Gasteiger partial charge is 0.302 e. The van der Waals surface area contributed by atoms with Gasteiger partial charge in [-0.05, 0) is 12.1 Å². The normalized spacial score (nSPS) is 20.9. The van der Waals surface area contributed by atoms with Crippen LogP contribution in [-0.2, 0) is 4.79 Å². The Balaban J connectivity index is 1.60. The summed E-state index contributed by atoms with van der Waals surface area (Å²) in [5.74, 6) is 0.214. The molecule has 0 fully saturated rings. The van der Waals surface area contributed by atoms with E-state index in [1.807, 2.05) is 41.3 Å². The van der Waals surface area contributed by atoms with Crippen molar-refractivity contribution in [1.82, 2.24) is 9.97 Å². The Bertz CT molecular complexity index is 922. The lowest BCUT2D eigenvalue weighted by molar-refractivity contribution is -0.116. The number of nitrogens with zero attached hydrogens (tertiary/aromatic N) is 2. The van der Waals surface area contributed by atoms with Crippen molar-refractivity contribution in [3.05, 3.63) is 71.2 Å². The van der Waals surface area contributed by atoms with Crippen LogP contribution in [-0.4, -0.2) is 32.9 Å². The van der Waals surface area contributed by atoms with Gasteiger partial charge in [0.1, 0.15) is 0 Å². The number of nitrogens with one attached hydrogen (secondary N) is 1. The summed E-state index contributed by atoms with van der Waals surface area (Å²) in [5, 5.41) is 0.666. The first-order valence-electron chi connectivity index (χ1n) is 7.83. The highest BCUT2D eigenvalue weighted by molar-refractivity contribution is 8.00. The topological polar surface area (TPSA) is 66.1 Å². The molecule has 126 valence electrons. The predicted octanol–water partition coefficient (Wildman–Crippen LogP) is 2.86. The molecule has 1 aliphatic carbocycles. The van der Waals surface area contributed by atoms with Crippen molar-refractivity contribution < 1.29 is 4.79 Å². The minimum atomic E-state index is -0.218. The number of aromatic amines is 1. The second-order valence-electron chi connectivity index (χ2n) is 5.60. The van der Waals surface area contributed by atoms with Crippen LogP contribution >= 0.6 is 23.5 Å². The van der Waals surface area contributed by atoms with Gasteiger partial charge in [-0.3, -0.25) is 9.59 Å². The summed E-state index contributed by atoms with van der Waals surface area (Å²) in [4.78, 5) is 34.1. The van der Waals surface area contributed by atoms with Gasteiger partial charge < -0.3 is 9.88 Å². The van der Waals surface area contributed by atoms with Gasteiger partial charge in [0.2, 0.25) is 5.91 Å². The van der Waals surface area contributed by atoms with Gasteiger partial charge in [-0.2, -0.15) is 0 Å². The minimum Gasteiger partial charge on any atom is -0.302 e. The molecule has 2 aromatic rings. The molecule has 0 spiro atoms. The van der Waals surface area contributed by atoms with Crippen LogP contribution in [0.1, 0.15) is 0 Å². The fourth-order valence-electron chi connectivity index (χ4n) is 2.91. The number of aromatic nitrogens is 2. The molecule has 25 heavy (non-hydrogen) atoms. The lowest BCUT2D eigenvalue weighted by atomic mass is 10.0. The molecule has 1 aromatic heterocycles. The molecule has 5 nitrogen and oxygen atoms in total. The summed E-state index contributed by atoms with van der Waals surface area (Å²) in [6, 6.07) is 9.33. The van der Waals surface area contributed by atoms with Gasteiger partial charge in [-0.25, -0.2) is 4.98 Å². The quantitative estimate of drug-likeness (QED) is 0.666. The Morgan fingerprint density at radius 1 is 1.24 bits per heavy atom. The van der Waals surface area contributed by atoms with E-state index in [0.717, 1.165) is 10.6 Å². The summed E-state index contributed by atoms with van der Waals surface area (Å²) in [7, 11) is 0. The molecule has 2 heterocycles. The van der Waals surface area contributed by atoms with E-state index in [-0.39, 0.29) is 28.5 Å². The number of H-pyrrole nitrogens is 1. The van der Waals surface area contributed by atoms with Crippen molar-refractivity contribution in [2.45, 2.75) is 21.3 Å². The molecule has 7 heteroatoms. The second-order valence-corrected chi connectivity index (χ2v) is 7.79. The number of allylic oxidation sites excluding steroid dienone is 2. The third kappa shape index (κ3) is 3.29. The lowest BCUT2D eigenvalue weighted by Crippen LogP contribution is -2.48. The average molecular weight is 369 g/mol. The number of para-hydroxylation sites is 1. The van der Waals surface area contributed by atoms with Crippen molar-refractivity contribution in [3.8, 4) is 0 Å². The van der Waals surface area contributed by atoms with E-state index in [9.17, 15) is 9.59 Å². The number of thioether (sulfide) groups is 2. The van der Waals surface area contributed by atoms with E-state index in [0.29, 0.717) is 5.16 Å². The Labute approximate surface area is 153 Å². The molecule has 4 rings (SSSR count). The lowest BCUT2D eigenvalue weighted by Gasteiger charge is -2.40. The third-order valence-corrected chi connectivity index (χ3v) is 6.17. The van der Waals surface area contributed by atoms with Crippen LogP contribution in [0, 0.1) is 0 Å². The summed E-state index contributed by atoms with van der Waals surface area (Å²) < 4.78 is 0. The summed E-state index contributed by atoms with van der Waals surface area (Å²) >= 11 is 3.02. The average Bonchev–Trinajstić information content (AvgIpc) is 2.64. The monoisotopic (exact) mass is 369 g/mol. The first kappa shape index (κ1) is 16.2. The van der Waals surface area contributed by atoms with E-state index in [1.54, 1.807) is 11.8 Å². The van der Waals surface area contributed by atoms with Crippen LogP contribution in [0.4, 0.5) is 5.69 Å². The highest BCUT2D eigenvalue weighted by Gasteiger charge is 2.36. The number of hydrogen-bond acceptors (Lipinski definition) is 5. The standard InChI is InChI=1S/C18H15N3O2S2/c22-16-9-10-19-18(20-16)24-11-17(23)21-12-5-1-3-7-14(12)25-15-8-4-2-6-13(15)21/h1-10,12,14H,11H2,(H,19,20,22)/t12-,14-/m0/s1. The van der Waals surface area contributed by atoms with Crippen molar-refractivity contribution in [3.63, 3.8) is 0 Å². The maximum Gasteiger partial charge on any atom is 0.251 e. The van der Waals surface area contributed by atoms with Crippen molar-refractivity contribution in [2.24, 2.45) is 0 Å². The smallest absolute Gasteiger partial charge is 0.251 e. The SMILES string of the molecule is O=C(CSc1nccc(=O)[nH]1)N1c2ccccc2S[C@H]2C=CC=C[C@@H]21. The molecule has 1 amide bonds. The number of carbonyl (C=O) groups excluding carboxylic acids is 1. The number of anilines is 1. The van der Waals surface area contributed by atoms with Crippen LogP contribution in [0.25, 0.3) is 0 Å². The fourth-order valence-corrected chi connectivity index (χ4v) is 4.87. The molecule has 2 atom stereocenters. The molecule has 0 bridgehead atoms. The van der Waals surface area contributed by atoms with Gasteiger partial charge in [0, 0.05) is 17.2 Å². The number of rotatable bonds is 3. The molecular formula is C18H15N3O2S2. The van der Waals surface area contributed by atoms with Crippen molar-refractivity contribution in [2.75, 3.05) is 10.7 Å². The number of amides is 1. The zero-order chi connectivity index (χ0) is 17.2. The number of hydrogen-bond donors (Lipinski definition) is 1. The molecular weight excluding hydrogens is 354 g/mol. The van der Waals surface area contributed by atoms with Crippen LogP contribution in [0.2, 0.25) is 0 Å². The first-order chi connectivity index (χ1) is 12.2. The number of benzene rings is 1. The van der Waals surface area contributed by atoms with Crippen LogP contribution in [0.5, 0.6) is 0 Å².